The van der Waals surface area contributed by atoms with Gasteiger partial charge in [-0.25, -0.2) is 4.39 Å². The van der Waals surface area contributed by atoms with Crippen molar-refractivity contribution in [3.8, 4) is 11.4 Å². The van der Waals surface area contributed by atoms with Crippen LogP contribution in [0.25, 0.3) is 11.4 Å². The number of aromatic nitrogens is 4. The van der Waals surface area contributed by atoms with Crippen LogP contribution in [0.5, 0.6) is 0 Å². The van der Waals surface area contributed by atoms with Crippen LogP contribution in [0.2, 0.25) is 0 Å². The van der Waals surface area contributed by atoms with Crippen LogP contribution in [0.15, 0.2) is 27.1 Å². The first kappa shape index (κ1) is 14.0. The van der Waals surface area contributed by atoms with Crippen LogP contribution in [0, 0.1) is 12.7 Å². The average molecular weight is 323 g/mol. The van der Waals surface area contributed by atoms with Crippen molar-refractivity contribution in [2.45, 2.75) is 17.0 Å². The van der Waals surface area contributed by atoms with Gasteiger partial charge < -0.3 is 10.3 Å². The minimum Gasteiger partial charge on any atom is -0.374 e. The summed E-state index contributed by atoms with van der Waals surface area (Å²) in [4.78, 5) is 4.23. The van der Waals surface area contributed by atoms with Crippen LogP contribution < -0.4 is 5.73 Å². The molecule has 21 heavy (non-hydrogen) atoms. The maximum absolute atomic E-state index is 13.5. The number of thioether (sulfide) groups is 1. The number of nitrogens with two attached hydrogens (primary N) is 1. The Kier molecular flexibility index (Phi) is 3.84. The van der Waals surface area contributed by atoms with E-state index < -0.39 is 0 Å². The SMILES string of the molecule is Cc1ccc(-c2noc(CSc3nnc(N)s3)n2)cc1F. The molecule has 3 rings (SSSR count). The van der Waals surface area contributed by atoms with Crippen molar-refractivity contribution in [1.29, 1.82) is 0 Å². The first-order valence-corrected chi connectivity index (χ1v) is 7.73. The predicted octanol–water partition coefficient (Wildman–Crippen LogP) is 2.91. The molecule has 3 aromatic rings. The Balaban J connectivity index is 1.72. The van der Waals surface area contributed by atoms with Gasteiger partial charge in [-0.3, -0.25) is 0 Å². The molecule has 9 heteroatoms. The molecule has 2 aromatic heterocycles. The molecule has 0 radical (unpaired) electrons. The fourth-order valence-corrected chi connectivity index (χ4v) is 3.04. The smallest absolute Gasteiger partial charge is 0.237 e. The third kappa shape index (κ3) is 3.19. The predicted molar refractivity (Wildman–Crippen MR) is 78.3 cm³/mol. The lowest BCUT2D eigenvalue weighted by Gasteiger charge is -1.97. The molecule has 2 N–H and O–H groups in total. The number of rotatable bonds is 4. The molecule has 1 aromatic carbocycles. The second kappa shape index (κ2) is 5.78. The van der Waals surface area contributed by atoms with Crippen molar-refractivity contribution in [2.75, 3.05) is 5.73 Å². The number of hydrogen-bond donors (Lipinski definition) is 1. The highest BCUT2D eigenvalue weighted by Gasteiger charge is 2.11. The monoisotopic (exact) mass is 323 g/mol. The molecule has 0 fully saturated rings. The van der Waals surface area contributed by atoms with Gasteiger partial charge in [0.05, 0.1) is 5.75 Å². The van der Waals surface area contributed by atoms with Gasteiger partial charge >= 0.3 is 0 Å². The highest BCUT2D eigenvalue weighted by atomic mass is 32.2. The lowest BCUT2D eigenvalue weighted by molar-refractivity contribution is 0.391. The third-order valence-electron chi connectivity index (χ3n) is 2.64. The Hall–Kier alpha value is -2.00. The lowest BCUT2D eigenvalue weighted by Crippen LogP contribution is -1.86. The van der Waals surface area contributed by atoms with Gasteiger partial charge in [-0.2, -0.15) is 4.98 Å². The van der Waals surface area contributed by atoms with Crippen molar-refractivity contribution in [3.05, 3.63) is 35.5 Å². The van der Waals surface area contributed by atoms with Gasteiger partial charge in [0, 0.05) is 5.56 Å². The van der Waals surface area contributed by atoms with E-state index in [0.717, 1.165) is 4.34 Å². The van der Waals surface area contributed by atoms with Crippen molar-refractivity contribution >= 4 is 28.2 Å². The Morgan fingerprint density at radius 3 is 2.95 bits per heavy atom. The zero-order chi connectivity index (χ0) is 14.8. The molecule has 0 atom stereocenters. The fourth-order valence-electron chi connectivity index (χ4n) is 1.56. The third-order valence-corrected chi connectivity index (χ3v) is 4.51. The van der Waals surface area contributed by atoms with E-state index in [4.69, 9.17) is 10.3 Å². The van der Waals surface area contributed by atoms with E-state index in [0.29, 0.717) is 33.7 Å². The van der Waals surface area contributed by atoms with Gasteiger partial charge in [-0.05, 0) is 18.6 Å². The largest absolute Gasteiger partial charge is 0.374 e. The van der Waals surface area contributed by atoms with Crippen LogP contribution in [0.1, 0.15) is 11.5 Å². The standard InChI is InChI=1S/C12H10FN5OS2/c1-6-2-3-7(4-8(6)13)10-15-9(19-18-10)5-20-12-17-16-11(14)21-12/h2-4H,5H2,1H3,(H2,14,16). The summed E-state index contributed by atoms with van der Waals surface area (Å²) < 4.78 is 19.4. The normalized spacial score (nSPS) is 11.0. The molecule has 108 valence electrons. The van der Waals surface area contributed by atoms with Crippen molar-refractivity contribution in [1.82, 2.24) is 20.3 Å². The summed E-state index contributed by atoms with van der Waals surface area (Å²) in [5, 5.41) is 11.9. The first-order chi connectivity index (χ1) is 10.1. The van der Waals surface area contributed by atoms with Crippen LogP contribution in [-0.2, 0) is 5.75 Å². The average Bonchev–Trinajstić information content (AvgIpc) is 3.08. The van der Waals surface area contributed by atoms with Gasteiger partial charge in [0.1, 0.15) is 5.82 Å². The summed E-state index contributed by atoms with van der Waals surface area (Å²) >= 11 is 2.70. The van der Waals surface area contributed by atoms with Gasteiger partial charge in [0.15, 0.2) is 4.34 Å². The van der Waals surface area contributed by atoms with E-state index in [9.17, 15) is 4.39 Å². The number of nitrogens with zero attached hydrogens (tertiary/aromatic N) is 4. The van der Waals surface area contributed by atoms with E-state index in [1.807, 2.05) is 0 Å². The van der Waals surface area contributed by atoms with E-state index in [-0.39, 0.29) is 5.82 Å². The molecular formula is C12H10FN5OS2. The molecular weight excluding hydrogens is 313 g/mol. The molecule has 0 aliphatic carbocycles. The molecule has 0 aliphatic rings. The van der Waals surface area contributed by atoms with Crippen molar-refractivity contribution < 1.29 is 8.91 Å². The minimum atomic E-state index is -0.294. The fraction of sp³-hybridized carbons (Fsp3) is 0.167. The van der Waals surface area contributed by atoms with E-state index in [1.165, 1.54) is 29.2 Å². The van der Waals surface area contributed by atoms with Crippen LogP contribution in [-0.4, -0.2) is 20.3 Å². The van der Waals surface area contributed by atoms with Crippen LogP contribution in [0.3, 0.4) is 0 Å². The summed E-state index contributed by atoms with van der Waals surface area (Å²) in [5.74, 6) is 0.958. The van der Waals surface area contributed by atoms with Crippen LogP contribution in [0.4, 0.5) is 9.52 Å². The molecule has 6 nitrogen and oxygen atoms in total. The number of halogens is 1. The zero-order valence-electron chi connectivity index (χ0n) is 10.9. The van der Waals surface area contributed by atoms with Gasteiger partial charge in [0.2, 0.25) is 16.8 Å². The molecule has 0 bridgehead atoms. The number of hydrogen-bond acceptors (Lipinski definition) is 8. The number of aryl methyl sites for hydroxylation is 1. The van der Waals surface area contributed by atoms with Crippen molar-refractivity contribution in [3.63, 3.8) is 0 Å². The molecule has 0 spiro atoms. The highest BCUT2D eigenvalue weighted by molar-refractivity contribution is 8.00. The van der Waals surface area contributed by atoms with Gasteiger partial charge in [-0.1, -0.05) is 40.4 Å². The molecule has 0 amide bonds. The Morgan fingerprint density at radius 2 is 2.24 bits per heavy atom. The maximum atomic E-state index is 13.5. The summed E-state index contributed by atoms with van der Waals surface area (Å²) in [6, 6.07) is 4.83. The van der Waals surface area contributed by atoms with Gasteiger partial charge in [-0.15, -0.1) is 10.2 Å². The van der Waals surface area contributed by atoms with Crippen LogP contribution >= 0.6 is 23.1 Å². The van der Waals surface area contributed by atoms with E-state index in [1.54, 1.807) is 19.1 Å². The Morgan fingerprint density at radius 1 is 1.38 bits per heavy atom. The van der Waals surface area contributed by atoms with Gasteiger partial charge in [0.25, 0.3) is 0 Å². The highest BCUT2D eigenvalue weighted by Crippen LogP contribution is 2.27. The molecule has 0 unspecified atom stereocenters. The second-order valence-corrected chi connectivity index (χ2v) is 6.40. The summed E-state index contributed by atoms with van der Waals surface area (Å²) in [6.45, 7) is 1.70. The Labute approximate surface area is 127 Å². The van der Waals surface area contributed by atoms with Crippen molar-refractivity contribution in [2.24, 2.45) is 0 Å². The lowest BCUT2D eigenvalue weighted by atomic mass is 10.1. The summed E-state index contributed by atoms with van der Waals surface area (Å²) in [6.07, 6.45) is 0. The van der Waals surface area contributed by atoms with E-state index >= 15 is 0 Å². The molecule has 0 aliphatic heterocycles. The molecule has 2 heterocycles. The zero-order valence-corrected chi connectivity index (χ0v) is 12.5. The topological polar surface area (TPSA) is 90.7 Å². The first-order valence-electron chi connectivity index (χ1n) is 5.93. The quantitative estimate of drug-likeness (QED) is 0.738. The molecule has 0 saturated heterocycles. The number of nitrogen functional groups attached to an aromatic ring is 1. The maximum Gasteiger partial charge on any atom is 0.237 e. The Bertz CT molecular complexity index is 773. The second-order valence-electron chi connectivity index (χ2n) is 4.17. The minimum absolute atomic E-state index is 0.294. The summed E-state index contributed by atoms with van der Waals surface area (Å²) in [7, 11) is 0. The van der Waals surface area contributed by atoms with E-state index in [2.05, 4.69) is 20.3 Å². The number of anilines is 1. The number of benzene rings is 1. The molecule has 0 saturated carbocycles. The summed E-state index contributed by atoms with van der Waals surface area (Å²) in [5.41, 5.74) is 6.66.